The number of hydrogen-bond acceptors (Lipinski definition) is 3. The highest BCUT2D eigenvalue weighted by atomic mass is 79.9. The highest BCUT2D eigenvalue weighted by molar-refractivity contribution is 9.10. The third kappa shape index (κ3) is 4.82. The summed E-state index contributed by atoms with van der Waals surface area (Å²) in [6, 6.07) is 1.17. The average molecular weight is 386 g/mol. The number of carbonyl (C=O) groups excluding carboxylic acids is 1. The summed E-state index contributed by atoms with van der Waals surface area (Å²) in [6.45, 7) is -0.162. The van der Waals surface area contributed by atoms with Gasteiger partial charge in [-0.3, -0.25) is 0 Å². The molecule has 0 saturated heterocycles. The van der Waals surface area contributed by atoms with Crippen molar-refractivity contribution in [2.24, 2.45) is 0 Å². The topological polar surface area (TPSA) is 87.7 Å². The first-order valence-electron chi connectivity index (χ1n) is 5.29. The summed E-state index contributed by atoms with van der Waals surface area (Å²) in [5.74, 6) is -1.21. The number of amides is 2. The van der Waals surface area contributed by atoms with Crippen molar-refractivity contribution in [1.29, 1.82) is 0 Å². The van der Waals surface area contributed by atoms with E-state index in [1.807, 2.05) is 0 Å². The Labute approximate surface area is 133 Å². The number of carboxylic acid groups (broad SMARTS) is 1. The van der Waals surface area contributed by atoms with Crippen LogP contribution in [0.4, 0.5) is 10.5 Å². The minimum absolute atomic E-state index is 0.162. The number of methoxy groups -OCH3 is 1. The van der Waals surface area contributed by atoms with Gasteiger partial charge in [0.2, 0.25) is 0 Å². The normalized spacial score (nSPS) is 11.8. The highest BCUT2D eigenvalue weighted by Crippen LogP contribution is 2.33. The van der Waals surface area contributed by atoms with Crippen LogP contribution in [-0.4, -0.2) is 36.9 Å². The molecule has 1 aromatic rings. The van der Waals surface area contributed by atoms with Crippen molar-refractivity contribution in [3.63, 3.8) is 0 Å². The molecule has 1 rings (SSSR count). The van der Waals surface area contributed by atoms with Crippen molar-refractivity contribution in [3.8, 4) is 0 Å². The van der Waals surface area contributed by atoms with Crippen LogP contribution < -0.4 is 10.6 Å². The third-order valence-electron chi connectivity index (χ3n) is 2.18. The predicted octanol–water partition coefficient (Wildman–Crippen LogP) is 2.98. The summed E-state index contributed by atoms with van der Waals surface area (Å²) >= 11 is 15.1. The quantitative estimate of drug-likeness (QED) is 0.727. The van der Waals surface area contributed by atoms with Crippen LogP contribution in [0.2, 0.25) is 10.0 Å². The van der Waals surface area contributed by atoms with Crippen LogP contribution in [0.15, 0.2) is 16.6 Å². The van der Waals surface area contributed by atoms with Gasteiger partial charge in [0.25, 0.3) is 0 Å². The molecule has 0 aliphatic carbocycles. The SMILES string of the molecule is COCC(NC(=O)Nc1c(Cl)cc(Br)cc1Cl)C(=O)O. The first kappa shape index (κ1) is 17.0. The summed E-state index contributed by atoms with van der Waals surface area (Å²) < 4.78 is 5.35. The first-order chi connectivity index (χ1) is 9.35. The van der Waals surface area contributed by atoms with Gasteiger partial charge in [-0.15, -0.1) is 0 Å². The Morgan fingerprint density at radius 2 is 1.95 bits per heavy atom. The van der Waals surface area contributed by atoms with Gasteiger partial charge in [0.1, 0.15) is 0 Å². The van der Waals surface area contributed by atoms with E-state index in [1.165, 1.54) is 7.11 Å². The second kappa shape index (κ2) is 7.68. The fourth-order valence-corrected chi connectivity index (χ4v) is 2.61. The van der Waals surface area contributed by atoms with Crippen molar-refractivity contribution < 1.29 is 19.4 Å². The Morgan fingerprint density at radius 3 is 2.40 bits per heavy atom. The van der Waals surface area contributed by atoms with E-state index < -0.39 is 18.0 Å². The summed E-state index contributed by atoms with van der Waals surface area (Å²) in [7, 11) is 1.33. The molecule has 0 aromatic heterocycles. The van der Waals surface area contributed by atoms with Gasteiger partial charge in [0, 0.05) is 11.6 Å². The molecule has 0 heterocycles. The van der Waals surface area contributed by atoms with E-state index in [0.29, 0.717) is 4.47 Å². The van der Waals surface area contributed by atoms with Gasteiger partial charge in [-0.2, -0.15) is 0 Å². The Balaban J connectivity index is 2.78. The lowest BCUT2D eigenvalue weighted by Crippen LogP contribution is -2.45. The van der Waals surface area contributed by atoms with Gasteiger partial charge in [-0.25, -0.2) is 9.59 Å². The molecule has 0 radical (unpaired) electrons. The minimum atomic E-state index is -1.21. The van der Waals surface area contributed by atoms with Gasteiger partial charge < -0.3 is 20.5 Å². The van der Waals surface area contributed by atoms with Gasteiger partial charge in [0.15, 0.2) is 6.04 Å². The van der Waals surface area contributed by atoms with E-state index in [4.69, 9.17) is 33.0 Å². The van der Waals surface area contributed by atoms with Crippen LogP contribution in [0, 0.1) is 0 Å². The second-order valence-electron chi connectivity index (χ2n) is 3.69. The Kier molecular flexibility index (Phi) is 6.54. The van der Waals surface area contributed by atoms with Gasteiger partial charge in [-0.1, -0.05) is 39.1 Å². The number of rotatable bonds is 5. The maximum atomic E-state index is 11.7. The number of anilines is 1. The number of aliphatic carboxylic acids is 1. The lowest BCUT2D eigenvalue weighted by atomic mass is 10.3. The van der Waals surface area contributed by atoms with Crippen LogP contribution in [0.1, 0.15) is 0 Å². The number of nitrogens with one attached hydrogen (secondary N) is 2. The molecule has 6 nitrogen and oxygen atoms in total. The number of benzene rings is 1. The molecule has 0 saturated carbocycles. The van der Waals surface area contributed by atoms with E-state index in [9.17, 15) is 9.59 Å². The predicted molar refractivity (Wildman–Crippen MR) is 79.6 cm³/mol. The maximum absolute atomic E-state index is 11.7. The number of halogens is 3. The Hall–Kier alpha value is -1.02. The fraction of sp³-hybridized carbons (Fsp3) is 0.273. The molecule has 3 N–H and O–H groups in total. The molecule has 1 aromatic carbocycles. The average Bonchev–Trinajstić information content (AvgIpc) is 2.33. The number of carboxylic acids is 1. The number of urea groups is 1. The smallest absolute Gasteiger partial charge is 0.328 e. The standard InChI is InChI=1S/C11H11BrCl2N2O4/c1-20-4-8(10(17)18)15-11(19)16-9-6(13)2-5(12)3-7(9)14/h2-3,8H,4H2,1H3,(H,17,18)(H2,15,16,19). The zero-order valence-electron chi connectivity index (χ0n) is 10.2. The molecule has 110 valence electrons. The van der Waals surface area contributed by atoms with Gasteiger partial charge in [0.05, 0.1) is 22.3 Å². The summed E-state index contributed by atoms with van der Waals surface area (Å²) in [5.41, 5.74) is 0.190. The first-order valence-corrected chi connectivity index (χ1v) is 6.83. The van der Waals surface area contributed by atoms with Crippen LogP contribution in [0.3, 0.4) is 0 Å². The second-order valence-corrected chi connectivity index (χ2v) is 5.42. The van der Waals surface area contributed by atoms with Gasteiger partial charge >= 0.3 is 12.0 Å². The molecule has 2 amide bonds. The van der Waals surface area contributed by atoms with Crippen LogP contribution >= 0.6 is 39.1 Å². The van der Waals surface area contributed by atoms with Crippen LogP contribution in [0.5, 0.6) is 0 Å². The zero-order chi connectivity index (χ0) is 15.3. The monoisotopic (exact) mass is 384 g/mol. The summed E-state index contributed by atoms with van der Waals surface area (Å²) in [6.07, 6.45) is 0. The van der Waals surface area contributed by atoms with Crippen molar-refractivity contribution in [2.45, 2.75) is 6.04 Å². The summed E-state index contributed by atoms with van der Waals surface area (Å²) in [5, 5.41) is 14.0. The fourth-order valence-electron chi connectivity index (χ4n) is 1.31. The van der Waals surface area contributed by atoms with Crippen LogP contribution in [-0.2, 0) is 9.53 Å². The van der Waals surface area contributed by atoms with Crippen molar-refractivity contribution in [2.75, 3.05) is 19.0 Å². The van der Waals surface area contributed by atoms with E-state index in [-0.39, 0.29) is 22.3 Å². The largest absolute Gasteiger partial charge is 0.480 e. The van der Waals surface area contributed by atoms with Crippen LogP contribution in [0.25, 0.3) is 0 Å². The molecule has 0 fully saturated rings. The molecule has 0 aliphatic rings. The van der Waals surface area contributed by atoms with E-state index in [2.05, 4.69) is 26.6 Å². The Morgan fingerprint density at radius 1 is 1.40 bits per heavy atom. The lowest BCUT2D eigenvalue weighted by molar-refractivity contribution is -0.140. The zero-order valence-corrected chi connectivity index (χ0v) is 13.3. The lowest BCUT2D eigenvalue weighted by Gasteiger charge is -2.15. The maximum Gasteiger partial charge on any atom is 0.328 e. The highest BCUT2D eigenvalue weighted by Gasteiger charge is 2.20. The number of carbonyl (C=O) groups is 2. The Bertz CT molecular complexity index is 504. The van der Waals surface area contributed by atoms with E-state index in [1.54, 1.807) is 12.1 Å². The molecular weight excluding hydrogens is 375 g/mol. The molecule has 0 aliphatic heterocycles. The summed E-state index contributed by atoms with van der Waals surface area (Å²) in [4.78, 5) is 22.6. The number of ether oxygens (including phenoxy) is 1. The molecule has 20 heavy (non-hydrogen) atoms. The molecular formula is C11H11BrCl2N2O4. The molecule has 0 bridgehead atoms. The van der Waals surface area contributed by atoms with Gasteiger partial charge in [-0.05, 0) is 12.1 Å². The van der Waals surface area contributed by atoms with E-state index in [0.717, 1.165) is 0 Å². The molecule has 9 heteroatoms. The van der Waals surface area contributed by atoms with Crippen molar-refractivity contribution in [1.82, 2.24) is 5.32 Å². The molecule has 0 spiro atoms. The minimum Gasteiger partial charge on any atom is -0.480 e. The van der Waals surface area contributed by atoms with E-state index >= 15 is 0 Å². The molecule has 1 atom stereocenters. The third-order valence-corrected chi connectivity index (χ3v) is 3.24. The van der Waals surface area contributed by atoms with Crippen molar-refractivity contribution in [3.05, 3.63) is 26.7 Å². The molecule has 1 unspecified atom stereocenters. The number of hydrogen-bond donors (Lipinski definition) is 3. The van der Waals surface area contributed by atoms with Crippen molar-refractivity contribution >= 4 is 56.8 Å².